The highest BCUT2D eigenvalue weighted by atomic mass is 19.4. The maximum Gasteiger partial charge on any atom is 0.574 e. The Bertz CT molecular complexity index is 522. The first-order valence-corrected chi connectivity index (χ1v) is 4.40. The maximum absolute atomic E-state index is 11.9. The van der Waals surface area contributed by atoms with E-state index >= 15 is 0 Å². The van der Waals surface area contributed by atoms with Crippen LogP contribution >= 0.6 is 0 Å². The van der Waals surface area contributed by atoms with Crippen LogP contribution in [0.25, 0.3) is 0 Å². The number of alkyl halides is 3. The van der Waals surface area contributed by atoms with Crippen molar-refractivity contribution in [2.45, 2.75) is 12.8 Å². The molecule has 0 spiro atoms. The van der Waals surface area contributed by atoms with Crippen molar-refractivity contribution in [3.63, 3.8) is 0 Å². The number of hydrogen-bond acceptors (Lipinski definition) is 5. The number of aliphatic carboxylic acids is 1. The number of aromatic nitrogens is 1. The number of pyridine rings is 1. The Kier molecular flexibility index (Phi) is 3.61. The van der Waals surface area contributed by atoms with E-state index in [4.69, 9.17) is 16.1 Å². The van der Waals surface area contributed by atoms with Crippen LogP contribution in [0.1, 0.15) is 11.3 Å². The van der Waals surface area contributed by atoms with Crippen molar-refractivity contribution in [2.24, 2.45) is 0 Å². The van der Waals surface area contributed by atoms with Crippen LogP contribution in [0.2, 0.25) is 0 Å². The van der Waals surface area contributed by atoms with Gasteiger partial charge in [-0.15, -0.1) is 13.2 Å². The van der Waals surface area contributed by atoms with E-state index < -0.39 is 30.3 Å². The molecule has 0 amide bonds. The molecule has 0 bridgehead atoms. The fraction of sp³-hybridized carbons (Fsp3) is 0.222. The van der Waals surface area contributed by atoms with Gasteiger partial charge in [0.05, 0.1) is 6.42 Å². The second kappa shape index (κ2) is 4.79. The molecular formula is C9H6F3N3O3. The van der Waals surface area contributed by atoms with Crippen LogP contribution in [0.15, 0.2) is 6.07 Å². The molecule has 96 valence electrons. The van der Waals surface area contributed by atoms with Gasteiger partial charge in [0.2, 0.25) is 5.88 Å². The Morgan fingerprint density at radius 3 is 2.67 bits per heavy atom. The number of anilines is 1. The van der Waals surface area contributed by atoms with E-state index in [1.54, 1.807) is 0 Å². The Hall–Kier alpha value is -2.50. The van der Waals surface area contributed by atoms with Crippen molar-refractivity contribution in [3.8, 4) is 11.9 Å². The number of nitrogens with two attached hydrogens (primary N) is 1. The fourth-order valence-corrected chi connectivity index (χ4v) is 1.17. The fourth-order valence-electron chi connectivity index (χ4n) is 1.17. The Balaban J connectivity index is 3.19. The molecule has 1 rings (SSSR count). The Morgan fingerprint density at radius 1 is 1.61 bits per heavy atom. The van der Waals surface area contributed by atoms with E-state index in [0.29, 0.717) is 6.07 Å². The quantitative estimate of drug-likeness (QED) is 0.841. The number of rotatable bonds is 3. The van der Waals surface area contributed by atoms with Crippen LogP contribution in [0.4, 0.5) is 18.9 Å². The van der Waals surface area contributed by atoms with Crippen molar-refractivity contribution in [3.05, 3.63) is 17.3 Å². The summed E-state index contributed by atoms with van der Waals surface area (Å²) in [6.07, 6.45) is -5.59. The van der Waals surface area contributed by atoms with Gasteiger partial charge in [0.25, 0.3) is 0 Å². The second-order valence-corrected chi connectivity index (χ2v) is 3.11. The number of carboxylic acid groups (broad SMARTS) is 1. The summed E-state index contributed by atoms with van der Waals surface area (Å²) in [5.41, 5.74) is 4.39. The van der Waals surface area contributed by atoms with Crippen LogP contribution in [0.3, 0.4) is 0 Å². The van der Waals surface area contributed by atoms with E-state index in [0.717, 1.165) is 0 Å². The lowest BCUT2D eigenvalue weighted by Gasteiger charge is -2.11. The SMILES string of the molecule is N#Cc1nc(OC(F)(F)F)cc(N)c1CC(=O)O. The molecule has 0 atom stereocenters. The zero-order chi connectivity index (χ0) is 13.9. The number of carbonyl (C=O) groups is 1. The van der Waals surface area contributed by atoms with Gasteiger partial charge in [-0.2, -0.15) is 5.26 Å². The Morgan fingerprint density at radius 2 is 2.22 bits per heavy atom. The van der Waals surface area contributed by atoms with E-state index in [2.05, 4.69) is 9.72 Å². The molecule has 6 nitrogen and oxygen atoms in total. The number of carboxylic acids is 1. The smallest absolute Gasteiger partial charge is 0.481 e. The molecule has 1 aromatic rings. The lowest BCUT2D eigenvalue weighted by Crippen LogP contribution is -2.19. The van der Waals surface area contributed by atoms with Gasteiger partial charge in [0.1, 0.15) is 11.8 Å². The van der Waals surface area contributed by atoms with Crippen LogP contribution in [-0.4, -0.2) is 22.4 Å². The summed E-state index contributed by atoms with van der Waals surface area (Å²) >= 11 is 0. The average molecular weight is 261 g/mol. The van der Waals surface area contributed by atoms with Crippen molar-refractivity contribution in [1.82, 2.24) is 4.98 Å². The van der Waals surface area contributed by atoms with Gasteiger partial charge in [0.15, 0.2) is 0 Å². The summed E-state index contributed by atoms with van der Waals surface area (Å²) < 4.78 is 39.3. The van der Waals surface area contributed by atoms with Crippen LogP contribution < -0.4 is 10.5 Å². The minimum Gasteiger partial charge on any atom is -0.481 e. The number of ether oxygens (including phenoxy) is 1. The van der Waals surface area contributed by atoms with Crippen LogP contribution in [0, 0.1) is 11.3 Å². The van der Waals surface area contributed by atoms with Crippen LogP contribution in [0.5, 0.6) is 5.88 Å². The van der Waals surface area contributed by atoms with Crippen molar-refractivity contribution in [2.75, 3.05) is 5.73 Å². The third-order valence-electron chi connectivity index (χ3n) is 1.79. The zero-order valence-electron chi connectivity index (χ0n) is 8.65. The molecule has 0 saturated carbocycles. The van der Waals surface area contributed by atoms with E-state index in [1.165, 1.54) is 6.07 Å². The number of nitrogens with zero attached hydrogens (tertiary/aromatic N) is 2. The number of nitrogen functional groups attached to an aromatic ring is 1. The summed E-state index contributed by atoms with van der Waals surface area (Å²) in [5.74, 6) is -2.20. The molecule has 0 aliphatic rings. The predicted molar refractivity (Wildman–Crippen MR) is 51.4 cm³/mol. The first kappa shape index (κ1) is 13.6. The summed E-state index contributed by atoms with van der Waals surface area (Å²) in [4.78, 5) is 13.7. The molecule has 18 heavy (non-hydrogen) atoms. The first-order valence-electron chi connectivity index (χ1n) is 4.40. The van der Waals surface area contributed by atoms with Gasteiger partial charge in [0, 0.05) is 17.3 Å². The summed E-state index contributed by atoms with van der Waals surface area (Å²) in [7, 11) is 0. The normalized spacial score (nSPS) is 10.8. The molecule has 0 saturated heterocycles. The topological polar surface area (TPSA) is 109 Å². The predicted octanol–water partition coefficient (Wildman–Crippen LogP) is 1.06. The van der Waals surface area contributed by atoms with Gasteiger partial charge in [-0.05, 0) is 0 Å². The highest BCUT2D eigenvalue weighted by molar-refractivity contribution is 5.74. The zero-order valence-corrected chi connectivity index (χ0v) is 8.65. The number of hydrogen-bond donors (Lipinski definition) is 2. The van der Waals surface area contributed by atoms with E-state index in [-0.39, 0.29) is 11.3 Å². The highest BCUT2D eigenvalue weighted by Crippen LogP contribution is 2.26. The second-order valence-electron chi connectivity index (χ2n) is 3.11. The number of halogens is 3. The molecule has 0 aliphatic heterocycles. The molecule has 3 N–H and O–H groups in total. The van der Waals surface area contributed by atoms with E-state index in [1.807, 2.05) is 0 Å². The minimum absolute atomic E-state index is 0.153. The largest absolute Gasteiger partial charge is 0.574 e. The molecule has 0 fully saturated rings. The molecule has 0 unspecified atom stereocenters. The molecule has 0 aromatic carbocycles. The van der Waals surface area contributed by atoms with Gasteiger partial charge >= 0.3 is 12.3 Å². The van der Waals surface area contributed by atoms with Gasteiger partial charge in [-0.3, -0.25) is 4.79 Å². The minimum atomic E-state index is -4.97. The summed E-state index contributed by atoms with van der Waals surface area (Å²) in [6.45, 7) is 0. The molecule has 0 radical (unpaired) electrons. The average Bonchev–Trinajstić information content (AvgIpc) is 2.18. The van der Waals surface area contributed by atoms with E-state index in [9.17, 15) is 18.0 Å². The van der Waals surface area contributed by atoms with Crippen LogP contribution in [-0.2, 0) is 11.2 Å². The van der Waals surface area contributed by atoms with Gasteiger partial charge < -0.3 is 15.6 Å². The summed E-state index contributed by atoms with van der Waals surface area (Å²) in [6, 6.07) is 2.18. The third-order valence-corrected chi connectivity index (χ3v) is 1.79. The summed E-state index contributed by atoms with van der Waals surface area (Å²) in [5, 5.41) is 17.2. The Labute approximate surface area is 98.4 Å². The molecule has 0 aliphatic carbocycles. The first-order chi connectivity index (χ1) is 8.23. The monoisotopic (exact) mass is 261 g/mol. The third kappa shape index (κ3) is 3.51. The molecule has 1 aromatic heterocycles. The molecule has 1 heterocycles. The van der Waals surface area contributed by atoms with Crippen molar-refractivity contribution in [1.29, 1.82) is 5.26 Å². The lowest BCUT2D eigenvalue weighted by molar-refractivity contribution is -0.276. The molecule has 9 heteroatoms. The maximum atomic E-state index is 11.9. The van der Waals surface area contributed by atoms with Crippen molar-refractivity contribution >= 4 is 11.7 Å². The number of nitriles is 1. The highest BCUT2D eigenvalue weighted by Gasteiger charge is 2.32. The van der Waals surface area contributed by atoms with Gasteiger partial charge in [-0.25, -0.2) is 4.98 Å². The van der Waals surface area contributed by atoms with Gasteiger partial charge in [-0.1, -0.05) is 0 Å². The standard InChI is InChI=1S/C9H6F3N3O3/c10-9(11,12)18-7-2-5(14)4(1-8(16)17)6(3-13)15-7/h2H,1H2,(H2,14,15)(H,16,17). The van der Waals surface area contributed by atoms with Crippen molar-refractivity contribution < 1.29 is 27.8 Å². The molecular weight excluding hydrogens is 255 g/mol. The lowest BCUT2D eigenvalue weighted by atomic mass is 10.1.